The summed E-state index contributed by atoms with van der Waals surface area (Å²) >= 11 is 3.36. The fraction of sp³-hybridized carbons (Fsp3) is 0.250. The highest BCUT2D eigenvalue weighted by atomic mass is 79.9. The standard InChI is InChI=1S/C20H18BrN3O4/c21-14-5-6-15-16(7-14)28-11-18(26)24(15)10-17(25)23-20(19(22)27)8-12-3-1-2-4-13(12)9-20/h1-7H,8-11H2,(H2,22,27)(H,23,25). The van der Waals surface area contributed by atoms with Crippen molar-refractivity contribution in [3.05, 3.63) is 58.1 Å². The molecule has 3 N–H and O–H groups in total. The monoisotopic (exact) mass is 443 g/mol. The molecule has 8 heteroatoms. The fourth-order valence-corrected chi connectivity index (χ4v) is 4.08. The van der Waals surface area contributed by atoms with E-state index >= 15 is 0 Å². The van der Waals surface area contributed by atoms with Gasteiger partial charge in [0.15, 0.2) is 6.61 Å². The molecular weight excluding hydrogens is 426 g/mol. The summed E-state index contributed by atoms with van der Waals surface area (Å²) in [7, 11) is 0. The molecule has 4 rings (SSSR count). The van der Waals surface area contributed by atoms with E-state index < -0.39 is 17.4 Å². The maximum atomic E-state index is 12.8. The minimum Gasteiger partial charge on any atom is -0.482 e. The van der Waals surface area contributed by atoms with Gasteiger partial charge in [-0.2, -0.15) is 0 Å². The average molecular weight is 444 g/mol. The summed E-state index contributed by atoms with van der Waals surface area (Å²) in [5.74, 6) is -0.849. The number of benzene rings is 2. The maximum Gasteiger partial charge on any atom is 0.265 e. The zero-order valence-corrected chi connectivity index (χ0v) is 16.5. The lowest BCUT2D eigenvalue weighted by Crippen LogP contribution is -2.60. The number of halogens is 1. The van der Waals surface area contributed by atoms with Gasteiger partial charge in [-0.15, -0.1) is 0 Å². The van der Waals surface area contributed by atoms with E-state index in [2.05, 4.69) is 21.2 Å². The van der Waals surface area contributed by atoms with E-state index in [4.69, 9.17) is 10.5 Å². The largest absolute Gasteiger partial charge is 0.482 e. The molecule has 1 aliphatic carbocycles. The van der Waals surface area contributed by atoms with E-state index in [1.807, 2.05) is 24.3 Å². The summed E-state index contributed by atoms with van der Waals surface area (Å²) in [5.41, 5.74) is 6.96. The van der Waals surface area contributed by atoms with Crippen molar-refractivity contribution in [1.82, 2.24) is 5.32 Å². The average Bonchev–Trinajstić information content (AvgIpc) is 3.03. The minimum atomic E-state index is -1.18. The molecule has 28 heavy (non-hydrogen) atoms. The summed E-state index contributed by atoms with van der Waals surface area (Å²) in [6.45, 7) is -0.370. The van der Waals surface area contributed by atoms with Crippen LogP contribution in [0.2, 0.25) is 0 Å². The first-order valence-electron chi connectivity index (χ1n) is 8.78. The van der Waals surface area contributed by atoms with Crippen LogP contribution >= 0.6 is 15.9 Å². The number of anilines is 1. The van der Waals surface area contributed by atoms with E-state index in [1.165, 1.54) is 4.90 Å². The normalized spacial score (nSPS) is 16.8. The van der Waals surface area contributed by atoms with Crippen molar-refractivity contribution in [1.29, 1.82) is 0 Å². The number of ether oxygens (including phenoxy) is 1. The van der Waals surface area contributed by atoms with Crippen LogP contribution in [0.3, 0.4) is 0 Å². The van der Waals surface area contributed by atoms with Crippen LogP contribution in [-0.2, 0) is 27.2 Å². The quantitative estimate of drug-likeness (QED) is 0.743. The van der Waals surface area contributed by atoms with Crippen LogP contribution in [-0.4, -0.2) is 36.4 Å². The van der Waals surface area contributed by atoms with Crippen LogP contribution in [0.15, 0.2) is 46.9 Å². The zero-order chi connectivity index (χ0) is 19.9. The van der Waals surface area contributed by atoms with Gasteiger partial charge in [-0.3, -0.25) is 19.3 Å². The van der Waals surface area contributed by atoms with Gasteiger partial charge in [0.25, 0.3) is 5.91 Å². The topological polar surface area (TPSA) is 102 Å². The number of nitrogens with one attached hydrogen (secondary N) is 1. The van der Waals surface area contributed by atoms with Crippen LogP contribution in [0, 0.1) is 0 Å². The molecule has 3 amide bonds. The van der Waals surface area contributed by atoms with E-state index in [-0.39, 0.29) is 19.1 Å². The number of hydrogen-bond acceptors (Lipinski definition) is 4. The molecule has 0 unspecified atom stereocenters. The van der Waals surface area contributed by atoms with Crippen molar-refractivity contribution in [2.75, 3.05) is 18.1 Å². The Hall–Kier alpha value is -2.87. The molecule has 0 radical (unpaired) electrons. The summed E-state index contributed by atoms with van der Waals surface area (Å²) in [5, 5.41) is 2.79. The van der Waals surface area contributed by atoms with Crippen molar-refractivity contribution < 1.29 is 19.1 Å². The molecular formula is C20H18BrN3O4. The highest BCUT2D eigenvalue weighted by Gasteiger charge is 2.44. The lowest BCUT2D eigenvalue weighted by Gasteiger charge is -2.31. The van der Waals surface area contributed by atoms with Gasteiger partial charge in [-0.25, -0.2) is 0 Å². The molecule has 7 nitrogen and oxygen atoms in total. The van der Waals surface area contributed by atoms with Crippen molar-refractivity contribution in [3.8, 4) is 5.75 Å². The number of carbonyl (C=O) groups is 3. The SMILES string of the molecule is NC(=O)C1(NC(=O)CN2C(=O)COc3cc(Br)ccc32)Cc2ccccc2C1. The fourth-order valence-electron chi connectivity index (χ4n) is 3.74. The molecule has 2 aromatic carbocycles. The van der Waals surface area contributed by atoms with Crippen LogP contribution in [0.1, 0.15) is 11.1 Å². The molecule has 0 bridgehead atoms. The van der Waals surface area contributed by atoms with Crippen LogP contribution in [0.5, 0.6) is 5.75 Å². The van der Waals surface area contributed by atoms with E-state index in [0.717, 1.165) is 15.6 Å². The van der Waals surface area contributed by atoms with E-state index in [1.54, 1.807) is 18.2 Å². The van der Waals surface area contributed by atoms with Crippen molar-refractivity contribution in [2.45, 2.75) is 18.4 Å². The number of primary amides is 1. The molecule has 1 aliphatic heterocycles. The third-order valence-electron chi connectivity index (χ3n) is 5.12. The van der Waals surface area contributed by atoms with E-state index in [9.17, 15) is 14.4 Å². The highest BCUT2D eigenvalue weighted by molar-refractivity contribution is 9.10. The predicted octanol–water partition coefficient (Wildman–Crippen LogP) is 1.31. The van der Waals surface area contributed by atoms with Crippen LogP contribution in [0.25, 0.3) is 0 Å². The minimum absolute atomic E-state index is 0.150. The second-order valence-electron chi connectivity index (χ2n) is 7.00. The first kappa shape index (κ1) is 18.5. The van der Waals surface area contributed by atoms with Gasteiger partial charge in [0.2, 0.25) is 11.8 Å². The number of fused-ring (bicyclic) bond motifs is 2. The molecule has 0 aromatic heterocycles. The Kier molecular flexibility index (Phi) is 4.58. The molecule has 0 saturated heterocycles. The van der Waals surface area contributed by atoms with Crippen LogP contribution in [0.4, 0.5) is 5.69 Å². The number of rotatable bonds is 4. The van der Waals surface area contributed by atoms with Gasteiger partial charge in [-0.05, 0) is 29.3 Å². The lowest BCUT2D eigenvalue weighted by atomic mass is 9.94. The molecule has 0 saturated carbocycles. The Bertz CT molecular complexity index is 966. The summed E-state index contributed by atoms with van der Waals surface area (Å²) in [4.78, 5) is 38.7. The second-order valence-corrected chi connectivity index (χ2v) is 7.91. The van der Waals surface area contributed by atoms with Gasteiger partial charge < -0.3 is 15.8 Å². The van der Waals surface area contributed by atoms with Crippen molar-refractivity contribution in [3.63, 3.8) is 0 Å². The Labute approximate surface area is 170 Å². The number of nitrogens with zero attached hydrogens (tertiary/aromatic N) is 1. The molecule has 2 aromatic rings. The molecule has 0 fully saturated rings. The van der Waals surface area contributed by atoms with Crippen molar-refractivity contribution in [2.24, 2.45) is 5.73 Å². The first-order chi connectivity index (χ1) is 13.4. The first-order valence-corrected chi connectivity index (χ1v) is 9.58. The summed E-state index contributed by atoms with van der Waals surface area (Å²) in [6, 6.07) is 12.8. The Balaban J connectivity index is 1.54. The number of nitrogens with two attached hydrogens (primary N) is 1. The second kappa shape index (κ2) is 6.94. The molecule has 2 aliphatic rings. The Morgan fingerprint density at radius 2 is 1.86 bits per heavy atom. The number of hydrogen-bond donors (Lipinski definition) is 2. The third-order valence-corrected chi connectivity index (χ3v) is 5.61. The number of carbonyl (C=O) groups excluding carboxylic acids is 3. The van der Waals surface area contributed by atoms with Gasteiger partial charge in [0, 0.05) is 17.3 Å². The zero-order valence-electron chi connectivity index (χ0n) is 14.9. The summed E-state index contributed by atoms with van der Waals surface area (Å²) in [6.07, 6.45) is 0.676. The van der Waals surface area contributed by atoms with Gasteiger partial charge in [-0.1, -0.05) is 40.2 Å². The van der Waals surface area contributed by atoms with Gasteiger partial charge >= 0.3 is 0 Å². The lowest BCUT2D eigenvalue weighted by molar-refractivity contribution is -0.131. The molecule has 0 spiro atoms. The van der Waals surface area contributed by atoms with Crippen LogP contribution < -0.4 is 20.7 Å². The van der Waals surface area contributed by atoms with Gasteiger partial charge in [0.05, 0.1) is 5.69 Å². The van der Waals surface area contributed by atoms with Crippen molar-refractivity contribution >= 4 is 39.3 Å². The number of amides is 3. The molecule has 144 valence electrons. The molecule has 0 atom stereocenters. The highest BCUT2D eigenvalue weighted by Crippen LogP contribution is 2.35. The van der Waals surface area contributed by atoms with E-state index in [0.29, 0.717) is 24.3 Å². The summed E-state index contributed by atoms with van der Waals surface area (Å²) < 4.78 is 6.24. The maximum absolute atomic E-state index is 12.8. The Morgan fingerprint density at radius 1 is 1.18 bits per heavy atom. The Morgan fingerprint density at radius 3 is 2.50 bits per heavy atom. The third kappa shape index (κ3) is 3.24. The predicted molar refractivity (Wildman–Crippen MR) is 106 cm³/mol. The van der Waals surface area contributed by atoms with Gasteiger partial charge in [0.1, 0.15) is 17.8 Å². The smallest absolute Gasteiger partial charge is 0.265 e. The molecule has 1 heterocycles.